The summed E-state index contributed by atoms with van der Waals surface area (Å²) in [5.74, 6) is 0.985. The van der Waals surface area contributed by atoms with Gasteiger partial charge in [0.25, 0.3) is 0 Å². The van der Waals surface area contributed by atoms with Crippen molar-refractivity contribution >= 4 is 33.5 Å². The van der Waals surface area contributed by atoms with Crippen molar-refractivity contribution in [3.05, 3.63) is 34.1 Å². The number of Topliss-reactive ketones (excluding diaryl/α,β-unsaturated/α-hetero) is 1. The number of hydrogen-bond donors (Lipinski definition) is 0. The third kappa shape index (κ3) is 2.66. The van der Waals surface area contributed by atoms with Crippen molar-refractivity contribution in [1.29, 1.82) is 0 Å². The lowest BCUT2D eigenvalue weighted by molar-refractivity contribution is -0.117. The van der Waals surface area contributed by atoms with Crippen LogP contribution in [0.2, 0.25) is 0 Å². The predicted octanol–water partition coefficient (Wildman–Crippen LogP) is 3.60. The zero-order valence-electron chi connectivity index (χ0n) is 8.71. The summed E-state index contributed by atoms with van der Waals surface area (Å²) in [6.07, 6.45) is 2.41. The normalized spacial score (nSPS) is 20.0. The molecule has 0 aliphatic carbocycles. The molecule has 1 nitrogen and oxygen atoms in total. The Balaban J connectivity index is 2.08. The van der Waals surface area contributed by atoms with Crippen LogP contribution in [0, 0.1) is 5.82 Å². The van der Waals surface area contributed by atoms with Crippen LogP contribution in [0.15, 0.2) is 22.7 Å². The predicted molar refractivity (Wildman–Crippen MR) is 68.3 cm³/mol. The van der Waals surface area contributed by atoms with Gasteiger partial charge in [0.05, 0.1) is 9.72 Å². The Morgan fingerprint density at radius 1 is 1.56 bits per heavy atom. The minimum Gasteiger partial charge on any atom is -0.298 e. The van der Waals surface area contributed by atoms with Gasteiger partial charge >= 0.3 is 0 Å². The Morgan fingerprint density at radius 3 is 3.06 bits per heavy atom. The van der Waals surface area contributed by atoms with Crippen LogP contribution in [-0.2, 0) is 11.2 Å². The van der Waals surface area contributed by atoms with E-state index in [2.05, 4.69) is 15.9 Å². The molecule has 0 amide bonds. The maximum atomic E-state index is 13.2. The highest BCUT2D eigenvalue weighted by Crippen LogP contribution is 2.29. The van der Waals surface area contributed by atoms with Gasteiger partial charge in [-0.25, -0.2) is 4.39 Å². The summed E-state index contributed by atoms with van der Waals surface area (Å²) in [6, 6.07) is 4.83. The molecule has 0 radical (unpaired) electrons. The molecule has 1 saturated heterocycles. The lowest BCUT2D eigenvalue weighted by atomic mass is 10.0. The van der Waals surface area contributed by atoms with Crippen molar-refractivity contribution in [1.82, 2.24) is 0 Å². The lowest BCUT2D eigenvalue weighted by Crippen LogP contribution is -2.16. The van der Waals surface area contributed by atoms with Crippen molar-refractivity contribution in [2.75, 3.05) is 5.75 Å². The summed E-state index contributed by atoms with van der Waals surface area (Å²) in [5, 5.41) is 0.121. The molecule has 1 fully saturated rings. The SMILES string of the molecule is O=C(Cc1cccc(F)c1Br)C1CCCS1. The molecule has 0 spiro atoms. The largest absolute Gasteiger partial charge is 0.298 e. The maximum absolute atomic E-state index is 13.2. The second-order valence-corrected chi connectivity index (χ2v) is 5.96. The van der Waals surface area contributed by atoms with E-state index in [-0.39, 0.29) is 16.9 Å². The summed E-state index contributed by atoms with van der Waals surface area (Å²) in [6.45, 7) is 0. The van der Waals surface area contributed by atoms with Gasteiger partial charge in [-0.05, 0) is 46.2 Å². The highest BCUT2D eigenvalue weighted by Gasteiger charge is 2.23. The van der Waals surface area contributed by atoms with Crippen LogP contribution in [-0.4, -0.2) is 16.8 Å². The van der Waals surface area contributed by atoms with Gasteiger partial charge in [-0.15, -0.1) is 0 Å². The molecule has 1 atom stereocenters. The quantitative estimate of drug-likeness (QED) is 0.849. The monoisotopic (exact) mass is 302 g/mol. The van der Waals surface area contributed by atoms with Gasteiger partial charge in [-0.2, -0.15) is 11.8 Å². The first-order valence-electron chi connectivity index (χ1n) is 5.25. The molecule has 1 unspecified atom stereocenters. The Morgan fingerprint density at radius 2 is 2.38 bits per heavy atom. The first-order chi connectivity index (χ1) is 7.68. The molecular weight excluding hydrogens is 291 g/mol. The molecule has 0 N–H and O–H groups in total. The smallest absolute Gasteiger partial charge is 0.150 e. The van der Waals surface area contributed by atoms with Crippen molar-refractivity contribution in [2.24, 2.45) is 0 Å². The van der Waals surface area contributed by atoms with E-state index in [0.29, 0.717) is 10.9 Å². The molecular formula is C12H12BrFOS. The molecule has 4 heteroatoms. The van der Waals surface area contributed by atoms with Gasteiger partial charge in [-0.1, -0.05) is 12.1 Å². The van der Waals surface area contributed by atoms with Gasteiger partial charge in [-0.3, -0.25) is 4.79 Å². The number of ketones is 1. The molecule has 0 aromatic heterocycles. The Labute approximate surface area is 107 Å². The Kier molecular flexibility index (Phi) is 4.03. The minimum atomic E-state index is -0.302. The highest BCUT2D eigenvalue weighted by atomic mass is 79.9. The number of carbonyl (C=O) groups is 1. The molecule has 16 heavy (non-hydrogen) atoms. The molecule has 1 aromatic rings. The van der Waals surface area contributed by atoms with Gasteiger partial charge in [0.2, 0.25) is 0 Å². The van der Waals surface area contributed by atoms with E-state index in [1.807, 2.05) is 0 Å². The molecule has 1 aliphatic rings. The second kappa shape index (κ2) is 5.32. The molecule has 1 heterocycles. The molecule has 0 bridgehead atoms. The maximum Gasteiger partial charge on any atom is 0.150 e. The third-order valence-electron chi connectivity index (χ3n) is 2.69. The first-order valence-corrected chi connectivity index (χ1v) is 7.10. The van der Waals surface area contributed by atoms with E-state index >= 15 is 0 Å². The molecule has 1 aromatic carbocycles. The molecule has 0 saturated carbocycles. The number of thioether (sulfide) groups is 1. The number of carbonyl (C=O) groups excluding carboxylic acids is 1. The van der Waals surface area contributed by atoms with Crippen LogP contribution in [0.5, 0.6) is 0 Å². The van der Waals surface area contributed by atoms with Crippen molar-refractivity contribution in [3.8, 4) is 0 Å². The second-order valence-electron chi connectivity index (χ2n) is 3.86. The minimum absolute atomic E-state index is 0.121. The van der Waals surface area contributed by atoms with Gasteiger partial charge in [0.1, 0.15) is 11.6 Å². The number of hydrogen-bond acceptors (Lipinski definition) is 2. The van der Waals surface area contributed by atoms with Crippen LogP contribution in [0.25, 0.3) is 0 Å². The van der Waals surface area contributed by atoms with Crippen LogP contribution in [0.1, 0.15) is 18.4 Å². The average Bonchev–Trinajstić information content (AvgIpc) is 2.78. The number of rotatable bonds is 3. The Hall–Kier alpha value is -0.350. The van der Waals surface area contributed by atoms with E-state index in [1.165, 1.54) is 6.07 Å². The van der Waals surface area contributed by atoms with Gasteiger partial charge in [0.15, 0.2) is 0 Å². The van der Waals surface area contributed by atoms with E-state index in [0.717, 1.165) is 24.2 Å². The first kappa shape index (κ1) is 12.1. The van der Waals surface area contributed by atoms with Crippen LogP contribution in [0.3, 0.4) is 0 Å². The van der Waals surface area contributed by atoms with E-state index in [4.69, 9.17) is 0 Å². The zero-order valence-corrected chi connectivity index (χ0v) is 11.1. The van der Waals surface area contributed by atoms with Gasteiger partial charge in [0, 0.05) is 6.42 Å². The summed E-state index contributed by atoms with van der Waals surface area (Å²) in [4.78, 5) is 11.9. The van der Waals surface area contributed by atoms with Crippen molar-refractivity contribution < 1.29 is 9.18 Å². The third-order valence-corrected chi connectivity index (χ3v) is 5.00. The van der Waals surface area contributed by atoms with Crippen molar-refractivity contribution in [3.63, 3.8) is 0 Å². The summed E-state index contributed by atoms with van der Waals surface area (Å²) in [7, 11) is 0. The topological polar surface area (TPSA) is 17.1 Å². The molecule has 2 rings (SSSR count). The fourth-order valence-electron chi connectivity index (χ4n) is 1.82. The fraction of sp³-hybridized carbons (Fsp3) is 0.417. The highest BCUT2D eigenvalue weighted by molar-refractivity contribution is 9.10. The van der Waals surface area contributed by atoms with E-state index in [9.17, 15) is 9.18 Å². The lowest BCUT2D eigenvalue weighted by Gasteiger charge is -2.08. The van der Waals surface area contributed by atoms with Gasteiger partial charge < -0.3 is 0 Å². The van der Waals surface area contributed by atoms with Crippen LogP contribution < -0.4 is 0 Å². The summed E-state index contributed by atoms with van der Waals surface area (Å²) in [5.41, 5.74) is 0.748. The van der Waals surface area contributed by atoms with E-state index in [1.54, 1.807) is 23.9 Å². The zero-order chi connectivity index (χ0) is 11.5. The Bertz CT molecular complexity index is 402. The van der Waals surface area contributed by atoms with Crippen LogP contribution in [0.4, 0.5) is 4.39 Å². The number of halogens is 2. The van der Waals surface area contributed by atoms with Crippen molar-refractivity contribution in [2.45, 2.75) is 24.5 Å². The molecule has 1 aliphatic heterocycles. The molecule has 86 valence electrons. The standard InChI is InChI=1S/C12H12BrFOS/c13-12-8(3-1-4-9(12)14)7-10(15)11-5-2-6-16-11/h1,3-4,11H,2,5-7H2. The average molecular weight is 303 g/mol. The summed E-state index contributed by atoms with van der Waals surface area (Å²) >= 11 is 4.90. The fourth-order valence-corrected chi connectivity index (χ4v) is 3.44. The number of benzene rings is 1. The van der Waals surface area contributed by atoms with Crippen LogP contribution >= 0.6 is 27.7 Å². The summed E-state index contributed by atoms with van der Waals surface area (Å²) < 4.78 is 13.7. The van der Waals surface area contributed by atoms with E-state index < -0.39 is 0 Å².